The van der Waals surface area contributed by atoms with Gasteiger partial charge in [-0.05, 0) is 84.4 Å². The number of hydrogen-bond acceptors (Lipinski definition) is 8. The molecule has 5 aromatic rings. The van der Waals surface area contributed by atoms with Gasteiger partial charge in [-0.25, -0.2) is 0 Å². The largest absolute Gasteiger partial charge is 0.491 e. The van der Waals surface area contributed by atoms with Gasteiger partial charge in [0.25, 0.3) is 21.9 Å². The second-order valence-electron chi connectivity index (χ2n) is 12.1. The molecule has 1 heterocycles. The fourth-order valence-corrected chi connectivity index (χ4v) is 6.57. The van der Waals surface area contributed by atoms with Crippen molar-refractivity contribution in [2.24, 2.45) is 0 Å². The molecule has 12 heteroatoms. The maximum atomic E-state index is 12.9. The molecule has 51 heavy (non-hydrogen) atoms. The Labute approximate surface area is 296 Å². The maximum Gasteiger partial charge on any atom is 0.297 e. The van der Waals surface area contributed by atoms with Crippen LogP contribution in [0.3, 0.4) is 0 Å². The highest BCUT2D eigenvalue weighted by molar-refractivity contribution is 7.86. The first-order valence-corrected chi connectivity index (χ1v) is 18.0. The van der Waals surface area contributed by atoms with Crippen molar-refractivity contribution in [2.45, 2.75) is 11.8 Å². The molecule has 1 aliphatic rings. The molecule has 11 nitrogen and oxygen atoms in total. The van der Waals surface area contributed by atoms with Gasteiger partial charge in [0.2, 0.25) is 5.91 Å². The standard InChI is InChI=1S/C39H38N4O7S/c1-28-9-17-36(18-10-28)51(47,48)50-24-23-49-35-8-4-7-31(26-35)38(45)40-27-37(44)43-21-19-42(20-22-43)34-15-13-33(14-16-34)41-39(46)32-12-11-29-5-2-3-6-30(29)25-32/h2-18,25-26H,19-24,27H2,1H3,(H,40,45)(H,41,46). The zero-order valence-electron chi connectivity index (χ0n) is 28.1. The van der Waals surface area contributed by atoms with Crippen molar-refractivity contribution in [1.29, 1.82) is 0 Å². The van der Waals surface area contributed by atoms with E-state index in [0.29, 0.717) is 48.7 Å². The number of amides is 3. The number of ether oxygens (including phenoxy) is 1. The SMILES string of the molecule is Cc1ccc(S(=O)(=O)OCCOc2cccc(C(=O)NCC(=O)N3CCN(c4ccc(NC(=O)c5ccc6ccccc6c5)cc4)CC3)c2)cc1. The first-order valence-electron chi connectivity index (χ1n) is 16.5. The summed E-state index contributed by atoms with van der Waals surface area (Å²) in [6, 6.07) is 33.9. The van der Waals surface area contributed by atoms with Crippen LogP contribution in [-0.2, 0) is 19.1 Å². The number of carbonyl (C=O) groups excluding carboxylic acids is 3. The van der Waals surface area contributed by atoms with E-state index in [0.717, 1.165) is 22.0 Å². The van der Waals surface area contributed by atoms with Gasteiger partial charge in [0, 0.05) is 48.7 Å². The molecule has 3 amide bonds. The summed E-state index contributed by atoms with van der Waals surface area (Å²) >= 11 is 0. The van der Waals surface area contributed by atoms with Crippen LogP contribution in [0.2, 0.25) is 0 Å². The van der Waals surface area contributed by atoms with Gasteiger partial charge < -0.3 is 25.2 Å². The third-order valence-corrected chi connectivity index (χ3v) is 9.86. The second-order valence-corrected chi connectivity index (χ2v) is 13.7. The van der Waals surface area contributed by atoms with E-state index in [-0.39, 0.29) is 36.5 Å². The highest BCUT2D eigenvalue weighted by Crippen LogP contribution is 2.22. The maximum absolute atomic E-state index is 12.9. The van der Waals surface area contributed by atoms with Gasteiger partial charge in [0.15, 0.2) is 0 Å². The summed E-state index contributed by atoms with van der Waals surface area (Å²) in [6.45, 7) is 3.70. The number of anilines is 2. The van der Waals surface area contributed by atoms with Crippen molar-refractivity contribution >= 4 is 50.0 Å². The topological polar surface area (TPSA) is 134 Å². The Morgan fingerprint density at radius 3 is 2.16 bits per heavy atom. The number of piperazine rings is 1. The molecule has 0 spiro atoms. The fourth-order valence-electron chi connectivity index (χ4n) is 5.68. The Morgan fingerprint density at radius 1 is 0.706 bits per heavy atom. The lowest BCUT2D eigenvalue weighted by Gasteiger charge is -2.36. The molecule has 0 saturated carbocycles. The minimum Gasteiger partial charge on any atom is -0.491 e. The van der Waals surface area contributed by atoms with Crippen LogP contribution < -0.4 is 20.3 Å². The van der Waals surface area contributed by atoms with Crippen molar-refractivity contribution in [3.05, 3.63) is 132 Å². The summed E-state index contributed by atoms with van der Waals surface area (Å²) in [7, 11) is -3.91. The van der Waals surface area contributed by atoms with Gasteiger partial charge >= 0.3 is 0 Å². The summed E-state index contributed by atoms with van der Waals surface area (Å²) in [5.74, 6) is -0.433. The van der Waals surface area contributed by atoms with Crippen LogP contribution in [0.5, 0.6) is 5.75 Å². The first kappa shape index (κ1) is 35.1. The predicted octanol–water partition coefficient (Wildman–Crippen LogP) is 5.26. The summed E-state index contributed by atoms with van der Waals surface area (Å²) in [5, 5.41) is 7.72. The van der Waals surface area contributed by atoms with E-state index < -0.39 is 16.0 Å². The van der Waals surface area contributed by atoms with Gasteiger partial charge in [0.1, 0.15) is 19.0 Å². The summed E-state index contributed by atoms with van der Waals surface area (Å²) in [6.07, 6.45) is 0. The molecule has 2 N–H and O–H groups in total. The van der Waals surface area contributed by atoms with E-state index in [1.165, 1.54) is 18.2 Å². The molecule has 6 rings (SSSR count). The number of nitrogens with one attached hydrogen (secondary N) is 2. The molecular formula is C39H38N4O7S. The third kappa shape index (κ3) is 9.10. The van der Waals surface area contributed by atoms with Crippen LogP contribution in [-0.4, -0.2) is 77.0 Å². The van der Waals surface area contributed by atoms with Gasteiger partial charge in [0.05, 0.1) is 11.4 Å². The van der Waals surface area contributed by atoms with E-state index in [1.54, 1.807) is 35.2 Å². The average Bonchev–Trinajstić information content (AvgIpc) is 3.16. The number of benzene rings is 5. The van der Waals surface area contributed by atoms with E-state index >= 15 is 0 Å². The predicted molar refractivity (Wildman–Crippen MR) is 196 cm³/mol. The van der Waals surface area contributed by atoms with Crippen LogP contribution in [0, 0.1) is 6.92 Å². The van der Waals surface area contributed by atoms with Crippen LogP contribution in [0.4, 0.5) is 11.4 Å². The Morgan fingerprint density at radius 2 is 1.41 bits per heavy atom. The molecular weight excluding hydrogens is 669 g/mol. The molecule has 0 atom stereocenters. The van der Waals surface area contributed by atoms with Gasteiger partial charge in [-0.2, -0.15) is 8.42 Å². The highest BCUT2D eigenvalue weighted by atomic mass is 32.2. The third-order valence-electron chi connectivity index (χ3n) is 8.53. The van der Waals surface area contributed by atoms with Crippen molar-refractivity contribution in [1.82, 2.24) is 10.2 Å². The summed E-state index contributed by atoms with van der Waals surface area (Å²) in [5.41, 5.74) is 3.50. The summed E-state index contributed by atoms with van der Waals surface area (Å²) < 4.78 is 35.4. The van der Waals surface area contributed by atoms with Crippen LogP contribution in [0.15, 0.2) is 120 Å². The van der Waals surface area contributed by atoms with Crippen LogP contribution in [0.25, 0.3) is 10.8 Å². The highest BCUT2D eigenvalue weighted by Gasteiger charge is 2.22. The smallest absolute Gasteiger partial charge is 0.297 e. The number of fused-ring (bicyclic) bond motifs is 1. The van der Waals surface area contributed by atoms with Gasteiger partial charge in [-0.1, -0.05) is 54.1 Å². The molecule has 5 aromatic carbocycles. The van der Waals surface area contributed by atoms with Crippen molar-refractivity contribution in [2.75, 3.05) is 56.2 Å². The quantitative estimate of drug-likeness (QED) is 0.133. The van der Waals surface area contributed by atoms with Crippen molar-refractivity contribution in [3.8, 4) is 5.75 Å². The molecule has 0 aromatic heterocycles. The molecule has 0 radical (unpaired) electrons. The fraction of sp³-hybridized carbons (Fsp3) is 0.205. The lowest BCUT2D eigenvalue weighted by molar-refractivity contribution is -0.130. The molecule has 1 aliphatic heterocycles. The number of carbonyl (C=O) groups is 3. The Balaban J connectivity index is 0.916. The zero-order valence-corrected chi connectivity index (χ0v) is 28.9. The Bertz CT molecular complexity index is 2130. The minimum atomic E-state index is -3.91. The summed E-state index contributed by atoms with van der Waals surface area (Å²) in [4.78, 5) is 42.5. The van der Waals surface area contributed by atoms with Crippen LogP contribution >= 0.6 is 0 Å². The van der Waals surface area contributed by atoms with Crippen LogP contribution in [0.1, 0.15) is 26.3 Å². The van der Waals surface area contributed by atoms with E-state index in [2.05, 4.69) is 15.5 Å². The minimum absolute atomic E-state index is 0.0482. The number of aryl methyl sites for hydroxylation is 1. The number of nitrogens with zero attached hydrogens (tertiary/aromatic N) is 2. The van der Waals surface area contributed by atoms with Crippen molar-refractivity contribution < 1.29 is 31.7 Å². The van der Waals surface area contributed by atoms with E-state index in [4.69, 9.17) is 8.92 Å². The molecule has 0 aliphatic carbocycles. The average molecular weight is 707 g/mol. The molecule has 0 bridgehead atoms. The molecule has 262 valence electrons. The second kappa shape index (κ2) is 15.9. The number of hydrogen-bond donors (Lipinski definition) is 2. The van der Waals surface area contributed by atoms with Gasteiger partial charge in [-0.15, -0.1) is 0 Å². The van der Waals surface area contributed by atoms with Gasteiger partial charge in [-0.3, -0.25) is 18.6 Å². The molecule has 0 unspecified atom stereocenters. The lowest BCUT2D eigenvalue weighted by atomic mass is 10.1. The number of rotatable bonds is 12. The Kier molecular flexibility index (Phi) is 10.9. The van der Waals surface area contributed by atoms with E-state index in [9.17, 15) is 22.8 Å². The zero-order chi connectivity index (χ0) is 35.8. The molecule has 1 fully saturated rings. The lowest BCUT2D eigenvalue weighted by Crippen LogP contribution is -2.51. The Hall–Kier alpha value is -5.72. The monoisotopic (exact) mass is 706 g/mol. The van der Waals surface area contributed by atoms with E-state index in [1.807, 2.05) is 73.7 Å². The first-order chi connectivity index (χ1) is 24.6. The normalized spacial score (nSPS) is 13.1. The molecule has 1 saturated heterocycles. The van der Waals surface area contributed by atoms with Crippen molar-refractivity contribution in [3.63, 3.8) is 0 Å².